The Morgan fingerprint density at radius 1 is 0.979 bits per heavy atom. The van der Waals surface area contributed by atoms with Crippen LogP contribution in [0, 0.1) is 17.5 Å². The summed E-state index contributed by atoms with van der Waals surface area (Å²) in [6.45, 7) is -1.25. The fraction of sp³-hybridized carbons (Fsp3) is 0.300. The van der Waals surface area contributed by atoms with Gasteiger partial charge in [-0.2, -0.15) is 13.9 Å². The number of nitrogens with zero attached hydrogens (tertiary/aromatic N) is 4. The molecule has 1 atom stereocenters. The van der Waals surface area contributed by atoms with Crippen molar-refractivity contribution in [3.8, 4) is 11.1 Å². The van der Waals surface area contributed by atoms with E-state index in [1.807, 2.05) is 0 Å². The van der Waals surface area contributed by atoms with E-state index in [-0.39, 0.29) is 33.0 Å². The second-order valence-electron chi connectivity index (χ2n) is 10.9. The number of amides is 2. The van der Waals surface area contributed by atoms with Crippen LogP contribution in [0.1, 0.15) is 63.9 Å². The van der Waals surface area contributed by atoms with Gasteiger partial charge < -0.3 is 16.4 Å². The first kappa shape index (κ1) is 34.2. The highest BCUT2D eigenvalue weighted by Gasteiger charge is 2.55. The molecule has 4 N–H and O–H groups in total. The van der Waals surface area contributed by atoms with Crippen molar-refractivity contribution in [3.05, 3.63) is 93.8 Å². The van der Waals surface area contributed by atoms with E-state index in [4.69, 9.17) is 5.73 Å². The van der Waals surface area contributed by atoms with E-state index in [1.54, 1.807) is 0 Å². The van der Waals surface area contributed by atoms with Crippen molar-refractivity contribution in [3.63, 3.8) is 0 Å². The molecule has 2 aromatic heterocycles. The van der Waals surface area contributed by atoms with Crippen LogP contribution < -0.4 is 16.4 Å². The molecule has 0 fully saturated rings. The number of nitrogens with one attached hydrogen (secondary N) is 2. The highest BCUT2D eigenvalue weighted by molar-refractivity contribution is 5.94. The smallest absolute Gasteiger partial charge is 0.290 e. The first-order valence-electron chi connectivity index (χ1n) is 14.0. The van der Waals surface area contributed by atoms with Crippen LogP contribution >= 0.6 is 0 Å². The van der Waals surface area contributed by atoms with Crippen LogP contribution in [0.3, 0.4) is 0 Å². The molecule has 1 aliphatic carbocycles. The minimum absolute atomic E-state index is 0.0429. The van der Waals surface area contributed by atoms with Crippen LogP contribution in [0.4, 0.5) is 45.5 Å². The number of anilines is 1. The molecule has 0 spiro atoms. The SMILES string of the molecule is CNc1ncc(-c2ccc(F)c(C(N)=O)c2)c(C(Cc2cc(F)cc(F)c2)NC(=O)Cn2nc(C(F)F)c3c2C(F)(F)CCC3(F)F)n1. The summed E-state index contributed by atoms with van der Waals surface area (Å²) in [5.74, 6) is -13.5. The van der Waals surface area contributed by atoms with E-state index in [9.17, 15) is 49.1 Å². The van der Waals surface area contributed by atoms with Gasteiger partial charge in [-0.15, -0.1) is 0 Å². The fourth-order valence-electron chi connectivity index (χ4n) is 5.48. The van der Waals surface area contributed by atoms with Crippen molar-refractivity contribution < 1.29 is 49.1 Å². The number of halogens is 9. The number of alkyl halides is 6. The predicted octanol–water partition coefficient (Wildman–Crippen LogP) is 5.91. The number of carbonyl (C=O) groups excluding carboxylic acids is 2. The highest BCUT2D eigenvalue weighted by atomic mass is 19.3. The van der Waals surface area contributed by atoms with Gasteiger partial charge in [0, 0.05) is 37.7 Å². The summed E-state index contributed by atoms with van der Waals surface area (Å²) in [6.07, 6.45) is -5.74. The molecular formula is C30H24F9N7O2. The summed E-state index contributed by atoms with van der Waals surface area (Å²) in [5, 5.41) is 8.34. The zero-order valence-corrected chi connectivity index (χ0v) is 24.6. The van der Waals surface area contributed by atoms with Crippen molar-refractivity contribution >= 4 is 17.8 Å². The van der Waals surface area contributed by atoms with Gasteiger partial charge in [-0.3, -0.25) is 14.3 Å². The zero-order chi connectivity index (χ0) is 35.1. The summed E-state index contributed by atoms with van der Waals surface area (Å²) >= 11 is 0. The predicted molar refractivity (Wildman–Crippen MR) is 151 cm³/mol. The van der Waals surface area contributed by atoms with Gasteiger partial charge in [0.25, 0.3) is 24.2 Å². The maximum absolute atomic E-state index is 14.9. The molecule has 5 rings (SSSR count). The summed E-state index contributed by atoms with van der Waals surface area (Å²) in [7, 11) is 1.43. The topological polar surface area (TPSA) is 128 Å². The Hall–Kier alpha value is -5.16. The van der Waals surface area contributed by atoms with Crippen LogP contribution in [0.2, 0.25) is 0 Å². The average molecular weight is 686 g/mol. The van der Waals surface area contributed by atoms with E-state index in [1.165, 1.54) is 19.3 Å². The van der Waals surface area contributed by atoms with Gasteiger partial charge in [0.15, 0.2) is 0 Å². The molecule has 0 bridgehead atoms. The summed E-state index contributed by atoms with van der Waals surface area (Å²) in [5.41, 5.74) is -0.0801. The van der Waals surface area contributed by atoms with E-state index in [0.29, 0.717) is 6.07 Å². The Balaban J connectivity index is 1.61. The van der Waals surface area contributed by atoms with Crippen LogP contribution in [-0.4, -0.2) is 38.6 Å². The molecule has 0 saturated heterocycles. The van der Waals surface area contributed by atoms with Crippen molar-refractivity contribution in [2.75, 3.05) is 12.4 Å². The number of benzene rings is 2. The number of aromatic nitrogens is 4. The van der Waals surface area contributed by atoms with Crippen molar-refractivity contribution in [2.24, 2.45) is 5.73 Å². The third-order valence-corrected chi connectivity index (χ3v) is 7.56. The average Bonchev–Trinajstić information content (AvgIpc) is 3.40. The van der Waals surface area contributed by atoms with Gasteiger partial charge in [-0.25, -0.2) is 40.7 Å². The molecule has 1 aliphatic rings. The van der Waals surface area contributed by atoms with E-state index in [0.717, 1.165) is 24.3 Å². The lowest BCUT2D eigenvalue weighted by molar-refractivity contribution is -0.123. The minimum Gasteiger partial charge on any atom is -0.366 e. The third kappa shape index (κ3) is 6.77. The molecule has 2 aromatic carbocycles. The van der Waals surface area contributed by atoms with Crippen LogP contribution in [-0.2, 0) is 29.6 Å². The normalized spacial score (nSPS) is 15.6. The fourth-order valence-corrected chi connectivity index (χ4v) is 5.48. The number of hydrogen-bond acceptors (Lipinski definition) is 6. The second-order valence-corrected chi connectivity index (χ2v) is 10.9. The number of nitrogens with two attached hydrogens (primary N) is 1. The molecule has 0 saturated carbocycles. The molecule has 18 heteroatoms. The first-order valence-corrected chi connectivity index (χ1v) is 14.0. The second kappa shape index (κ2) is 12.8. The molecule has 4 aromatic rings. The van der Waals surface area contributed by atoms with Crippen LogP contribution in [0.15, 0.2) is 42.6 Å². The van der Waals surface area contributed by atoms with Gasteiger partial charge in [0.1, 0.15) is 35.4 Å². The van der Waals surface area contributed by atoms with Crippen LogP contribution in [0.5, 0.6) is 0 Å². The Bertz CT molecular complexity index is 1880. The van der Waals surface area contributed by atoms with Gasteiger partial charge >= 0.3 is 0 Å². The number of rotatable bonds is 10. The quantitative estimate of drug-likeness (QED) is 0.178. The Morgan fingerprint density at radius 2 is 1.65 bits per heavy atom. The lowest BCUT2D eigenvalue weighted by Crippen LogP contribution is -2.37. The number of carbonyl (C=O) groups is 2. The van der Waals surface area contributed by atoms with Gasteiger partial charge in [-0.1, -0.05) is 6.07 Å². The Kier molecular flexibility index (Phi) is 9.11. The molecule has 2 amide bonds. The zero-order valence-electron chi connectivity index (χ0n) is 24.6. The molecule has 48 heavy (non-hydrogen) atoms. The van der Waals surface area contributed by atoms with Crippen molar-refractivity contribution in [1.29, 1.82) is 0 Å². The Morgan fingerprint density at radius 3 is 2.27 bits per heavy atom. The van der Waals surface area contributed by atoms with Crippen LogP contribution in [0.25, 0.3) is 11.1 Å². The van der Waals surface area contributed by atoms with Crippen molar-refractivity contribution in [2.45, 2.75) is 50.1 Å². The number of hydrogen-bond donors (Lipinski definition) is 3. The maximum atomic E-state index is 14.9. The van der Waals surface area contributed by atoms with E-state index < -0.39 is 102 Å². The standard InChI is InChI=1S/C30H24F9N7O2/c1-41-28-42-11-18(14-2-3-19(33)17(9-14)27(40)48)23(44-28)20(8-13-6-15(31)10-16(32)7-13)43-21(47)12-46-25-22(24(45-46)26(34)35)29(36,37)4-5-30(25,38)39/h2-3,6-7,9-11,20,26H,4-5,8,12H2,1H3,(H2,40,48)(H,43,47)(H,41,42,44). The molecular weight excluding hydrogens is 661 g/mol. The monoisotopic (exact) mass is 685 g/mol. The summed E-state index contributed by atoms with van der Waals surface area (Å²) in [6, 6.07) is 4.19. The summed E-state index contributed by atoms with van der Waals surface area (Å²) in [4.78, 5) is 33.7. The third-order valence-electron chi connectivity index (χ3n) is 7.56. The molecule has 254 valence electrons. The minimum atomic E-state index is -4.08. The van der Waals surface area contributed by atoms with E-state index >= 15 is 0 Å². The van der Waals surface area contributed by atoms with Gasteiger partial charge in [0.2, 0.25) is 11.9 Å². The molecule has 1 unspecified atom stereocenters. The van der Waals surface area contributed by atoms with Crippen molar-refractivity contribution in [1.82, 2.24) is 25.1 Å². The number of primary amides is 1. The van der Waals surface area contributed by atoms with E-state index in [2.05, 4.69) is 25.7 Å². The lowest BCUT2D eigenvalue weighted by Gasteiger charge is -2.29. The maximum Gasteiger partial charge on any atom is 0.290 e. The van der Waals surface area contributed by atoms with Gasteiger partial charge in [-0.05, 0) is 41.8 Å². The molecule has 0 radical (unpaired) electrons. The van der Waals surface area contributed by atoms with Gasteiger partial charge in [0.05, 0.1) is 22.9 Å². The number of fused-ring (bicyclic) bond motifs is 1. The molecule has 2 heterocycles. The first-order chi connectivity index (χ1) is 22.5. The lowest BCUT2D eigenvalue weighted by atomic mass is 9.89. The highest BCUT2D eigenvalue weighted by Crippen LogP contribution is 2.52. The molecule has 0 aliphatic heterocycles. The molecule has 9 nitrogen and oxygen atoms in total. The Labute approximate surface area is 265 Å². The summed E-state index contributed by atoms with van der Waals surface area (Å²) < 4.78 is 129. The largest absolute Gasteiger partial charge is 0.366 e.